The maximum Gasteiger partial charge on any atom is 0.338 e. The zero-order valence-electron chi connectivity index (χ0n) is 14.5. The van der Waals surface area contributed by atoms with E-state index in [0.717, 1.165) is 25.0 Å². The van der Waals surface area contributed by atoms with Crippen LogP contribution in [-0.4, -0.2) is 28.1 Å². The molecule has 0 spiro atoms. The van der Waals surface area contributed by atoms with Gasteiger partial charge in [0, 0.05) is 5.69 Å². The number of rotatable bonds is 8. The molecular formula is C18H20FNO5S. The Morgan fingerprint density at radius 3 is 2.46 bits per heavy atom. The summed E-state index contributed by atoms with van der Waals surface area (Å²) in [4.78, 5) is 11.5. The lowest BCUT2D eigenvalue weighted by Crippen LogP contribution is -2.14. The van der Waals surface area contributed by atoms with E-state index in [1.807, 2.05) is 6.92 Å². The summed E-state index contributed by atoms with van der Waals surface area (Å²) >= 11 is 0. The number of hydrogen-bond acceptors (Lipinski definition) is 5. The van der Waals surface area contributed by atoms with E-state index < -0.39 is 21.8 Å². The van der Waals surface area contributed by atoms with Crippen molar-refractivity contribution in [1.82, 2.24) is 0 Å². The highest BCUT2D eigenvalue weighted by molar-refractivity contribution is 7.92. The number of esters is 1. The van der Waals surface area contributed by atoms with Crippen molar-refractivity contribution in [1.29, 1.82) is 0 Å². The summed E-state index contributed by atoms with van der Waals surface area (Å²) in [5.41, 5.74) is 0.536. The molecule has 1 N–H and O–H groups in total. The quantitative estimate of drug-likeness (QED) is 0.558. The van der Waals surface area contributed by atoms with Gasteiger partial charge in [0.15, 0.2) is 0 Å². The summed E-state index contributed by atoms with van der Waals surface area (Å²) in [7, 11) is -2.76. The van der Waals surface area contributed by atoms with Crippen LogP contribution in [-0.2, 0) is 14.8 Å². The van der Waals surface area contributed by atoms with Crippen molar-refractivity contribution in [3.05, 3.63) is 53.8 Å². The highest BCUT2D eigenvalue weighted by Crippen LogP contribution is 2.26. The van der Waals surface area contributed by atoms with Crippen molar-refractivity contribution >= 4 is 21.7 Å². The number of benzene rings is 2. The van der Waals surface area contributed by atoms with Crippen LogP contribution in [0.25, 0.3) is 0 Å². The van der Waals surface area contributed by atoms with Gasteiger partial charge in [-0.2, -0.15) is 0 Å². The van der Waals surface area contributed by atoms with E-state index in [1.165, 1.54) is 37.4 Å². The SMILES string of the molecule is CCCCOC(=O)c1ccc(NS(=O)(=O)c2cc(F)ccc2OC)cc1. The Morgan fingerprint density at radius 1 is 1.15 bits per heavy atom. The Hall–Kier alpha value is -2.61. The van der Waals surface area contributed by atoms with Gasteiger partial charge in [-0.1, -0.05) is 13.3 Å². The molecule has 0 fully saturated rings. The molecule has 0 aliphatic heterocycles. The molecule has 6 nitrogen and oxygen atoms in total. The minimum absolute atomic E-state index is 0.0232. The number of unbranched alkanes of at least 4 members (excludes halogenated alkanes) is 1. The predicted octanol–water partition coefficient (Wildman–Crippen LogP) is 3.59. The molecule has 0 aliphatic rings. The molecule has 2 rings (SSSR count). The number of nitrogens with one attached hydrogen (secondary N) is 1. The molecular weight excluding hydrogens is 361 g/mol. The van der Waals surface area contributed by atoms with Gasteiger partial charge in [0.1, 0.15) is 16.5 Å². The first kappa shape index (κ1) is 19.7. The second-order valence-electron chi connectivity index (χ2n) is 5.47. The van der Waals surface area contributed by atoms with Gasteiger partial charge in [0.05, 0.1) is 19.3 Å². The average Bonchev–Trinajstić information content (AvgIpc) is 2.62. The zero-order chi connectivity index (χ0) is 19.2. The minimum atomic E-state index is -4.06. The summed E-state index contributed by atoms with van der Waals surface area (Å²) < 4.78 is 50.8. The summed E-state index contributed by atoms with van der Waals surface area (Å²) in [6.45, 7) is 2.32. The number of sulfonamides is 1. The van der Waals surface area contributed by atoms with Crippen molar-refractivity contribution in [2.75, 3.05) is 18.4 Å². The van der Waals surface area contributed by atoms with E-state index in [9.17, 15) is 17.6 Å². The predicted molar refractivity (Wildman–Crippen MR) is 95.4 cm³/mol. The molecule has 26 heavy (non-hydrogen) atoms. The highest BCUT2D eigenvalue weighted by atomic mass is 32.2. The van der Waals surface area contributed by atoms with Crippen LogP contribution in [0.15, 0.2) is 47.4 Å². The Labute approximate surface area is 152 Å². The van der Waals surface area contributed by atoms with Gasteiger partial charge in [-0.3, -0.25) is 4.72 Å². The summed E-state index contributed by atoms with van der Waals surface area (Å²) in [5.74, 6) is -1.15. The molecule has 2 aromatic carbocycles. The molecule has 0 amide bonds. The number of ether oxygens (including phenoxy) is 2. The molecule has 0 atom stereocenters. The fraction of sp³-hybridized carbons (Fsp3) is 0.278. The van der Waals surface area contributed by atoms with Crippen LogP contribution < -0.4 is 9.46 Å². The van der Waals surface area contributed by atoms with E-state index >= 15 is 0 Å². The third kappa shape index (κ3) is 4.95. The van der Waals surface area contributed by atoms with Crippen molar-refractivity contribution < 1.29 is 27.1 Å². The van der Waals surface area contributed by atoms with E-state index in [2.05, 4.69) is 4.72 Å². The highest BCUT2D eigenvalue weighted by Gasteiger charge is 2.20. The second kappa shape index (κ2) is 8.66. The Morgan fingerprint density at radius 2 is 1.85 bits per heavy atom. The monoisotopic (exact) mass is 381 g/mol. The Bertz CT molecular complexity index is 866. The fourth-order valence-corrected chi connectivity index (χ4v) is 3.38. The van der Waals surface area contributed by atoms with Gasteiger partial charge < -0.3 is 9.47 Å². The minimum Gasteiger partial charge on any atom is -0.495 e. The number of carbonyl (C=O) groups excluding carboxylic acids is 1. The van der Waals surface area contributed by atoms with Gasteiger partial charge in [-0.25, -0.2) is 17.6 Å². The number of halogens is 1. The first-order valence-electron chi connectivity index (χ1n) is 8.01. The maximum atomic E-state index is 13.4. The standard InChI is InChI=1S/C18H20FNO5S/c1-3-4-11-25-18(21)13-5-8-15(9-6-13)20-26(22,23)17-12-14(19)7-10-16(17)24-2/h5-10,12,20H,3-4,11H2,1-2H3. The first-order chi connectivity index (χ1) is 12.4. The Kier molecular flexibility index (Phi) is 6.57. The van der Waals surface area contributed by atoms with Gasteiger partial charge >= 0.3 is 5.97 Å². The summed E-state index contributed by atoms with van der Waals surface area (Å²) in [6.07, 6.45) is 1.69. The Balaban J connectivity index is 2.15. The van der Waals surface area contributed by atoms with Crippen molar-refractivity contribution in [2.45, 2.75) is 24.7 Å². The van der Waals surface area contributed by atoms with Crippen LogP contribution in [0, 0.1) is 5.82 Å². The largest absolute Gasteiger partial charge is 0.495 e. The average molecular weight is 381 g/mol. The second-order valence-corrected chi connectivity index (χ2v) is 7.12. The molecule has 0 radical (unpaired) electrons. The van der Waals surface area contributed by atoms with E-state index in [0.29, 0.717) is 12.2 Å². The van der Waals surface area contributed by atoms with Gasteiger partial charge in [-0.05, 0) is 48.9 Å². The number of carbonyl (C=O) groups is 1. The van der Waals surface area contributed by atoms with E-state index in [4.69, 9.17) is 9.47 Å². The van der Waals surface area contributed by atoms with Crippen molar-refractivity contribution in [2.24, 2.45) is 0 Å². The fourth-order valence-electron chi connectivity index (χ4n) is 2.14. The topological polar surface area (TPSA) is 81.7 Å². The van der Waals surface area contributed by atoms with Crippen LogP contribution >= 0.6 is 0 Å². The molecule has 8 heteroatoms. The lowest BCUT2D eigenvalue weighted by molar-refractivity contribution is 0.0500. The van der Waals surface area contributed by atoms with Crippen LogP contribution in [0.3, 0.4) is 0 Å². The lowest BCUT2D eigenvalue weighted by Gasteiger charge is -2.12. The zero-order valence-corrected chi connectivity index (χ0v) is 15.3. The molecule has 0 heterocycles. The van der Waals surface area contributed by atoms with Crippen molar-refractivity contribution in [3.63, 3.8) is 0 Å². The number of hydrogen-bond donors (Lipinski definition) is 1. The number of anilines is 1. The van der Waals surface area contributed by atoms with Gasteiger partial charge in [0.25, 0.3) is 10.0 Å². The molecule has 2 aromatic rings. The van der Waals surface area contributed by atoms with E-state index in [-0.39, 0.29) is 16.3 Å². The normalized spacial score (nSPS) is 11.0. The first-order valence-corrected chi connectivity index (χ1v) is 9.49. The molecule has 0 unspecified atom stereocenters. The molecule has 140 valence electrons. The van der Waals surface area contributed by atoms with Crippen LogP contribution in [0.5, 0.6) is 5.75 Å². The third-order valence-corrected chi connectivity index (χ3v) is 4.92. The van der Waals surface area contributed by atoms with Gasteiger partial charge in [-0.15, -0.1) is 0 Å². The summed E-state index contributed by atoms with van der Waals surface area (Å²) in [6, 6.07) is 8.99. The number of methoxy groups -OCH3 is 1. The third-order valence-electron chi connectivity index (χ3n) is 3.52. The van der Waals surface area contributed by atoms with E-state index in [1.54, 1.807) is 0 Å². The molecule has 0 saturated heterocycles. The van der Waals surface area contributed by atoms with Crippen LogP contribution in [0.2, 0.25) is 0 Å². The molecule has 0 bridgehead atoms. The molecule has 0 aromatic heterocycles. The maximum absolute atomic E-state index is 13.4. The molecule has 0 saturated carbocycles. The van der Waals surface area contributed by atoms with Crippen LogP contribution in [0.1, 0.15) is 30.1 Å². The molecule has 0 aliphatic carbocycles. The van der Waals surface area contributed by atoms with Crippen LogP contribution in [0.4, 0.5) is 10.1 Å². The van der Waals surface area contributed by atoms with Crippen molar-refractivity contribution in [3.8, 4) is 5.75 Å². The lowest BCUT2D eigenvalue weighted by atomic mass is 10.2. The smallest absolute Gasteiger partial charge is 0.338 e. The van der Waals surface area contributed by atoms with Gasteiger partial charge in [0.2, 0.25) is 0 Å². The summed E-state index contributed by atoms with van der Waals surface area (Å²) in [5, 5.41) is 0.